The second-order valence-corrected chi connectivity index (χ2v) is 6.35. The van der Waals surface area contributed by atoms with Gasteiger partial charge in [-0.2, -0.15) is 5.26 Å². The molecule has 2 aromatic heterocycles. The molecule has 0 spiro atoms. The second-order valence-electron chi connectivity index (χ2n) is 6.35. The maximum Gasteiger partial charge on any atom is 0.276 e. The number of aryl methyl sites for hydroxylation is 1. The highest BCUT2D eigenvalue weighted by Gasteiger charge is 2.21. The summed E-state index contributed by atoms with van der Waals surface area (Å²) in [4.78, 5) is 31.9. The second kappa shape index (κ2) is 7.87. The fraction of sp³-hybridized carbons (Fsp3) is 0.300. The Morgan fingerprint density at radius 2 is 2.07 bits per heavy atom. The molecule has 0 radical (unpaired) electrons. The molecule has 2 heterocycles. The van der Waals surface area contributed by atoms with Crippen LogP contribution in [0.15, 0.2) is 41.3 Å². The lowest BCUT2D eigenvalue weighted by atomic mass is 10.1. The van der Waals surface area contributed by atoms with Gasteiger partial charge in [0.2, 0.25) is 5.91 Å². The summed E-state index contributed by atoms with van der Waals surface area (Å²) >= 11 is 0. The summed E-state index contributed by atoms with van der Waals surface area (Å²) < 4.78 is 1.22. The van der Waals surface area contributed by atoms with Gasteiger partial charge in [-0.15, -0.1) is 0 Å². The number of benzene rings is 1. The van der Waals surface area contributed by atoms with Crippen LogP contribution in [0.25, 0.3) is 5.65 Å². The number of hydrogen-bond acceptors (Lipinski definition) is 4. The Balaban J connectivity index is 1.96. The van der Waals surface area contributed by atoms with Crippen LogP contribution in [0.2, 0.25) is 0 Å². The first-order valence-electron chi connectivity index (χ1n) is 8.92. The third-order valence-corrected chi connectivity index (χ3v) is 4.51. The Labute approximate surface area is 156 Å². The van der Waals surface area contributed by atoms with Gasteiger partial charge in [0.15, 0.2) is 5.65 Å². The van der Waals surface area contributed by atoms with Gasteiger partial charge in [0, 0.05) is 29.7 Å². The quantitative estimate of drug-likeness (QED) is 0.728. The van der Waals surface area contributed by atoms with Gasteiger partial charge >= 0.3 is 0 Å². The number of fused-ring (bicyclic) bond motifs is 1. The average molecular weight is 363 g/mol. The third-order valence-electron chi connectivity index (χ3n) is 4.51. The molecule has 0 aliphatic rings. The number of nitrogens with zero attached hydrogens (tertiary/aromatic N) is 4. The zero-order chi connectivity index (χ0) is 19.4. The zero-order valence-electron chi connectivity index (χ0n) is 15.4. The third kappa shape index (κ3) is 3.60. The number of nitrogens with one attached hydrogen (secondary N) is 1. The number of anilines is 1. The molecule has 1 N–H and O–H groups in total. The zero-order valence-corrected chi connectivity index (χ0v) is 15.4. The molecule has 3 aromatic rings. The molecular formula is C20H21N5O2. The Bertz CT molecular complexity index is 1060. The number of H-pyrrole nitrogens is 1. The maximum atomic E-state index is 13.0. The van der Waals surface area contributed by atoms with E-state index in [1.165, 1.54) is 10.7 Å². The van der Waals surface area contributed by atoms with Crippen molar-refractivity contribution in [1.29, 1.82) is 5.26 Å². The number of aromatic nitrogens is 3. The summed E-state index contributed by atoms with van der Waals surface area (Å²) in [6.45, 7) is 4.35. The van der Waals surface area contributed by atoms with Crippen LogP contribution in [-0.4, -0.2) is 27.0 Å². The largest absolute Gasteiger partial charge is 0.312 e. The van der Waals surface area contributed by atoms with Crippen molar-refractivity contribution in [2.24, 2.45) is 0 Å². The fourth-order valence-electron chi connectivity index (χ4n) is 3.01. The van der Waals surface area contributed by atoms with E-state index in [4.69, 9.17) is 5.26 Å². The van der Waals surface area contributed by atoms with Crippen LogP contribution in [0.3, 0.4) is 0 Å². The molecule has 138 valence electrons. The molecule has 0 bridgehead atoms. The molecule has 0 aliphatic carbocycles. The summed E-state index contributed by atoms with van der Waals surface area (Å²) in [6, 6.07) is 11.4. The summed E-state index contributed by atoms with van der Waals surface area (Å²) in [5.74, 6) is -0.149. The van der Waals surface area contributed by atoms with Crippen molar-refractivity contribution in [3.63, 3.8) is 0 Å². The van der Waals surface area contributed by atoms with Crippen LogP contribution in [0.1, 0.15) is 36.6 Å². The summed E-state index contributed by atoms with van der Waals surface area (Å²) in [7, 11) is 0. The average Bonchev–Trinajstić information content (AvgIpc) is 3.09. The lowest BCUT2D eigenvalue weighted by Gasteiger charge is -2.23. The van der Waals surface area contributed by atoms with Crippen LogP contribution in [0, 0.1) is 18.3 Å². The van der Waals surface area contributed by atoms with E-state index < -0.39 is 0 Å². The van der Waals surface area contributed by atoms with Crippen molar-refractivity contribution in [1.82, 2.24) is 14.6 Å². The van der Waals surface area contributed by atoms with Crippen LogP contribution >= 0.6 is 0 Å². The number of nitriles is 1. The molecule has 0 saturated carbocycles. The van der Waals surface area contributed by atoms with E-state index in [0.29, 0.717) is 23.4 Å². The van der Waals surface area contributed by atoms with Gasteiger partial charge in [-0.05, 0) is 25.5 Å². The molecule has 0 atom stereocenters. The minimum atomic E-state index is -0.351. The van der Waals surface area contributed by atoms with Crippen molar-refractivity contribution in [2.45, 2.75) is 33.1 Å². The topological polar surface area (TPSA) is 94.3 Å². The van der Waals surface area contributed by atoms with Gasteiger partial charge < -0.3 is 4.90 Å². The minimum Gasteiger partial charge on any atom is -0.312 e. The molecular weight excluding hydrogens is 342 g/mol. The molecule has 0 fully saturated rings. The highest BCUT2D eigenvalue weighted by atomic mass is 16.2. The lowest BCUT2D eigenvalue weighted by molar-refractivity contribution is -0.118. The number of carbonyl (C=O) groups excluding carboxylic acids is 1. The molecule has 1 aromatic carbocycles. The van der Waals surface area contributed by atoms with E-state index in [9.17, 15) is 9.59 Å². The van der Waals surface area contributed by atoms with Gasteiger partial charge in [0.1, 0.15) is 11.6 Å². The number of unbranched alkanes of at least 4 members (excludes halogenated alkanes) is 1. The number of amides is 1. The molecule has 0 saturated heterocycles. The number of aromatic amines is 1. The van der Waals surface area contributed by atoms with Crippen molar-refractivity contribution in [3.8, 4) is 6.07 Å². The molecule has 7 nitrogen and oxygen atoms in total. The van der Waals surface area contributed by atoms with Gasteiger partial charge in [-0.3, -0.25) is 14.7 Å². The van der Waals surface area contributed by atoms with Crippen LogP contribution in [0.5, 0.6) is 0 Å². The summed E-state index contributed by atoms with van der Waals surface area (Å²) in [5.41, 5.74) is 1.84. The number of hydrogen-bond donors (Lipinski definition) is 1. The van der Waals surface area contributed by atoms with E-state index in [-0.39, 0.29) is 23.5 Å². The van der Waals surface area contributed by atoms with Crippen molar-refractivity contribution in [3.05, 3.63) is 63.7 Å². The van der Waals surface area contributed by atoms with Gasteiger partial charge in [-0.1, -0.05) is 31.5 Å². The minimum absolute atomic E-state index is 0.0415. The van der Waals surface area contributed by atoms with E-state index in [1.807, 2.05) is 36.4 Å². The molecule has 0 aliphatic heterocycles. The fourth-order valence-corrected chi connectivity index (χ4v) is 3.01. The van der Waals surface area contributed by atoms with E-state index >= 15 is 0 Å². The number of rotatable bonds is 6. The van der Waals surface area contributed by atoms with E-state index in [0.717, 1.165) is 18.5 Å². The molecule has 3 rings (SSSR count). The first kappa shape index (κ1) is 18.4. The number of carbonyl (C=O) groups is 1. The predicted octanol–water partition coefficient (Wildman–Crippen LogP) is 2.58. The standard InChI is InChI=1S/C20H21N5O2/c1-3-4-10-24(16-8-6-5-7-9-16)18(26)11-17-14(2)23-19-15(12-21)13-22-25(19)20(17)27/h5-9,13,22H,3-4,10-11H2,1-2H3. The van der Waals surface area contributed by atoms with Crippen LogP contribution < -0.4 is 10.5 Å². The van der Waals surface area contributed by atoms with E-state index in [2.05, 4.69) is 17.0 Å². The Hall–Kier alpha value is -3.40. The number of para-hydroxylation sites is 1. The highest BCUT2D eigenvalue weighted by molar-refractivity contribution is 5.94. The SMILES string of the molecule is CCCCN(C(=O)Cc1c(C)nc2c(C#N)c[nH]n2c1=O)c1ccccc1. The van der Waals surface area contributed by atoms with Crippen LogP contribution in [0.4, 0.5) is 5.69 Å². The lowest BCUT2D eigenvalue weighted by Crippen LogP contribution is -2.35. The van der Waals surface area contributed by atoms with Crippen molar-refractivity contribution < 1.29 is 4.79 Å². The summed E-state index contributed by atoms with van der Waals surface area (Å²) in [6.07, 6.45) is 3.23. The van der Waals surface area contributed by atoms with E-state index in [1.54, 1.807) is 11.8 Å². The monoisotopic (exact) mass is 363 g/mol. The Morgan fingerprint density at radius 1 is 1.33 bits per heavy atom. The van der Waals surface area contributed by atoms with Gasteiger partial charge in [0.05, 0.1) is 6.42 Å². The van der Waals surface area contributed by atoms with Crippen LogP contribution in [-0.2, 0) is 11.2 Å². The Morgan fingerprint density at radius 3 is 2.74 bits per heavy atom. The van der Waals surface area contributed by atoms with Crippen molar-refractivity contribution in [2.75, 3.05) is 11.4 Å². The molecule has 27 heavy (non-hydrogen) atoms. The molecule has 1 amide bonds. The molecule has 7 heteroatoms. The Kier molecular flexibility index (Phi) is 5.36. The highest BCUT2D eigenvalue weighted by Crippen LogP contribution is 2.17. The predicted molar refractivity (Wildman–Crippen MR) is 103 cm³/mol. The normalized spacial score (nSPS) is 10.7. The first-order valence-corrected chi connectivity index (χ1v) is 8.92. The maximum absolute atomic E-state index is 13.0. The smallest absolute Gasteiger partial charge is 0.276 e. The first-order chi connectivity index (χ1) is 13.1. The summed E-state index contributed by atoms with van der Waals surface area (Å²) in [5, 5.41) is 11.9. The van der Waals surface area contributed by atoms with Gasteiger partial charge in [0.25, 0.3) is 5.56 Å². The van der Waals surface area contributed by atoms with Gasteiger partial charge in [-0.25, -0.2) is 9.50 Å². The molecule has 0 unspecified atom stereocenters. The van der Waals surface area contributed by atoms with Crippen molar-refractivity contribution >= 4 is 17.2 Å².